The van der Waals surface area contributed by atoms with Gasteiger partial charge in [0.15, 0.2) is 5.82 Å². The van der Waals surface area contributed by atoms with Gasteiger partial charge in [-0.2, -0.15) is 0 Å². The second kappa shape index (κ2) is 7.73. The first kappa shape index (κ1) is 19.2. The minimum atomic E-state index is -0.0962. The van der Waals surface area contributed by atoms with Crippen LogP contribution in [0.4, 0.5) is 10.6 Å². The van der Waals surface area contributed by atoms with Crippen LogP contribution in [-0.2, 0) is 6.54 Å². The van der Waals surface area contributed by atoms with Gasteiger partial charge in [0.25, 0.3) is 0 Å². The Morgan fingerprint density at radius 2 is 1.97 bits per heavy atom. The zero-order valence-electron chi connectivity index (χ0n) is 17.2. The molecule has 0 aliphatic heterocycles. The van der Waals surface area contributed by atoms with E-state index in [0.717, 1.165) is 47.5 Å². The van der Waals surface area contributed by atoms with Gasteiger partial charge in [0.1, 0.15) is 11.3 Å². The van der Waals surface area contributed by atoms with Gasteiger partial charge in [-0.25, -0.2) is 14.8 Å². The summed E-state index contributed by atoms with van der Waals surface area (Å²) in [4.78, 5) is 21.2. The molecule has 4 N–H and O–H groups in total. The van der Waals surface area contributed by atoms with Crippen LogP contribution in [-0.4, -0.2) is 33.2 Å². The summed E-state index contributed by atoms with van der Waals surface area (Å²) in [6.45, 7) is 7.36. The van der Waals surface area contributed by atoms with E-state index in [4.69, 9.17) is 5.73 Å². The van der Waals surface area contributed by atoms with Crippen LogP contribution in [0.3, 0.4) is 0 Å². The first-order valence-corrected chi connectivity index (χ1v) is 10.1. The Labute approximate surface area is 170 Å². The first-order chi connectivity index (χ1) is 14.0. The summed E-state index contributed by atoms with van der Waals surface area (Å²) in [7, 11) is 0. The minimum Gasteiger partial charge on any atom is -0.382 e. The lowest BCUT2D eigenvalue weighted by Crippen LogP contribution is -2.38. The fourth-order valence-corrected chi connectivity index (χ4v) is 3.97. The van der Waals surface area contributed by atoms with Crippen molar-refractivity contribution in [2.24, 2.45) is 0 Å². The third kappa shape index (κ3) is 3.90. The smallest absolute Gasteiger partial charge is 0.315 e. The van der Waals surface area contributed by atoms with Gasteiger partial charge in [-0.05, 0) is 44.7 Å². The highest BCUT2D eigenvalue weighted by Crippen LogP contribution is 2.40. The second-order valence-electron chi connectivity index (χ2n) is 7.83. The topological polar surface area (TPSA) is 97.9 Å². The molecule has 2 amide bonds. The van der Waals surface area contributed by atoms with Crippen molar-refractivity contribution in [3.05, 3.63) is 53.0 Å². The van der Waals surface area contributed by atoms with Crippen molar-refractivity contribution in [1.29, 1.82) is 0 Å². The van der Waals surface area contributed by atoms with E-state index >= 15 is 0 Å². The van der Waals surface area contributed by atoms with Gasteiger partial charge in [-0.1, -0.05) is 30.3 Å². The average Bonchev–Trinajstić information content (AvgIpc) is 3.38. The zero-order chi connectivity index (χ0) is 20.5. The Bertz CT molecular complexity index is 1040. The van der Waals surface area contributed by atoms with E-state index in [9.17, 15) is 4.79 Å². The molecule has 0 saturated heterocycles. The molecule has 2 atom stereocenters. The number of fused-ring (bicyclic) bond motifs is 1. The third-order valence-corrected chi connectivity index (χ3v) is 5.77. The van der Waals surface area contributed by atoms with Crippen LogP contribution in [0.5, 0.6) is 0 Å². The molecule has 0 bridgehead atoms. The van der Waals surface area contributed by atoms with Crippen molar-refractivity contribution in [2.75, 3.05) is 12.3 Å². The largest absolute Gasteiger partial charge is 0.382 e. The molecule has 1 aromatic carbocycles. The summed E-state index contributed by atoms with van der Waals surface area (Å²) >= 11 is 0. The summed E-state index contributed by atoms with van der Waals surface area (Å²) in [5.41, 5.74) is 11.2. The predicted molar refractivity (Wildman–Crippen MR) is 115 cm³/mol. The molecule has 1 aliphatic rings. The van der Waals surface area contributed by atoms with E-state index in [1.807, 2.05) is 39.0 Å². The summed E-state index contributed by atoms with van der Waals surface area (Å²) < 4.78 is 2.17. The first-order valence-electron chi connectivity index (χ1n) is 10.1. The molecule has 0 radical (unpaired) electrons. The van der Waals surface area contributed by atoms with E-state index < -0.39 is 0 Å². The lowest BCUT2D eigenvalue weighted by Gasteiger charge is -2.11. The second-order valence-corrected chi connectivity index (χ2v) is 7.83. The number of nitrogens with zero attached hydrogens (tertiary/aromatic N) is 3. The molecule has 152 valence electrons. The molecule has 29 heavy (non-hydrogen) atoms. The fraction of sp³-hybridized carbons (Fsp3) is 0.409. The highest BCUT2D eigenvalue weighted by molar-refractivity contribution is 5.88. The number of benzene rings is 1. The highest BCUT2D eigenvalue weighted by Gasteiger charge is 2.39. The molecule has 0 spiro atoms. The third-order valence-electron chi connectivity index (χ3n) is 5.77. The summed E-state index contributed by atoms with van der Waals surface area (Å²) in [6.07, 6.45) is 1.82. The number of hydrogen-bond donors (Lipinski definition) is 3. The van der Waals surface area contributed by atoms with Crippen LogP contribution in [0.15, 0.2) is 30.3 Å². The predicted octanol–water partition coefficient (Wildman–Crippen LogP) is 3.18. The zero-order valence-corrected chi connectivity index (χ0v) is 17.2. The molecular formula is C22H28N6O. The standard InChI is InChI=1S/C22H28N6O/c1-13-14(2)25-21(23)19-20(13)28(15(3)26-19)11-7-10-24-22(29)27-18-12-17(18)16-8-5-4-6-9-16/h4-6,8-9,17-18H,7,10-12H2,1-3H3,(H2,23,25)(H2,24,27,29)/t17-,18+/m0/s1. The Morgan fingerprint density at radius 3 is 2.72 bits per heavy atom. The Kier molecular flexibility index (Phi) is 5.13. The van der Waals surface area contributed by atoms with Crippen molar-refractivity contribution in [3.63, 3.8) is 0 Å². The van der Waals surface area contributed by atoms with Gasteiger partial charge in [0, 0.05) is 30.7 Å². The number of nitrogens with one attached hydrogen (secondary N) is 2. The molecule has 7 nitrogen and oxygen atoms in total. The molecule has 4 rings (SSSR count). The average molecular weight is 393 g/mol. The van der Waals surface area contributed by atoms with Crippen molar-refractivity contribution in [1.82, 2.24) is 25.2 Å². The number of carbonyl (C=O) groups excluding carboxylic acids is 1. The van der Waals surface area contributed by atoms with Crippen molar-refractivity contribution in [3.8, 4) is 0 Å². The number of aryl methyl sites for hydroxylation is 4. The Hall–Kier alpha value is -3.09. The molecule has 0 unspecified atom stereocenters. The van der Waals surface area contributed by atoms with E-state index in [-0.39, 0.29) is 12.1 Å². The van der Waals surface area contributed by atoms with Gasteiger partial charge >= 0.3 is 6.03 Å². The number of carbonyl (C=O) groups is 1. The normalized spacial score (nSPS) is 18.0. The molecule has 2 aromatic heterocycles. The number of nitrogens with two attached hydrogens (primary N) is 1. The quantitative estimate of drug-likeness (QED) is 0.561. The summed E-state index contributed by atoms with van der Waals surface area (Å²) in [5.74, 6) is 1.82. The lowest BCUT2D eigenvalue weighted by atomic mass is 10.1. The number of nitrogen functional groups attached to an aromatic ring is 1. The van der Waals surface area contributed by atoms with Crippen molar-refractivity contribution < 1.29 is 4.79 Å². The molecule has 3 aromatic rings. The number of rotatable bonds is 6. The Balaban J connectivity index is 1.29. The van der Waals surface area contributed by atoms with Gasteiger partial charge in [0.05, 0.1) is 5.52 Å². The number of amides is 2. The maximum atomic E-state index is 12.2. The molecule has 1 fully saturated rings. The van der Waals surface area contributed by atoms with Crippen LogP contribution in [0.1, 0.15) is 41.4 Å². The van der Waals surface area contributed by atoms with Gasteiger partial charge in [-0.15, -0.1) is 0 Å². The SMILES string of the molecule is Cc1nc(N)c2nc(C)n(CCCNC(=O)N[C@@H]3C[C@H]3c3ccccc3)c2c1C. The fourth-order valence-electron chi connectivity index (χ4n) is 3.97. The van der Waals surface area contributed by atoms with Gasteiger partial charge < -0.3 is 20.9 Å². The van der Waals surface area contributed by atoms with E-state index in [2.05, 4.69) is 37.3 Å². The molecule has 1 aliphatic carbocycles. The van der Waals surface area contributed by atoms with Crippen molar-refractivity contribution in [2.45, 2.75) is 52.1 Å². The summed E-state index contributed by atoms with van der Waals surface area (Å²) in [5, 5.41) is 6.04. The minimum absolute atomic E-state index is 0.0962. The molecule has 2 heterocycles. The van der Waals surface area contributed by atoms with E-state index in [0.29, 0.717) is 18.3 Å². The van der Waals surface area contributed by atoms with E-state index in [1.165, 1.54) is 5.56 Å². The number of aromatic nitrogens is 3. The monoisotopic (exact) mass is 392 g/mol. The van der Waals surface area contributed by atoms with Gasteiger partial charge in [-0.3, -0.25) is 0 Å². The summed E-state index contributed by atoms with van der Waals surface area (Å²) in [6, 6.07) is 10.5. The number of imidazole rings is 1. The maximum Gasteiger partial charge on any atom is 0.315 e. The maximum absolute atomic E-state index is 12.2. The lowest BCUT2D eigenvalue weighted by molar-refractivity contribution is 0.240. The van der Waals surface area contributed by atoms with Crippen LogP contribution in [0.25, 0.3) is 11.0 Å². The molecular weight excluding hydrogens is 364 g/mol. The number of anilines is 1. The van der Waals surface area contributed by atoms with Crippen molar-refractivity contribution >= 4 is 22.9 Å². The van der Waals surface area contributed by atoms with Gasteiger partial charge in [0.2, 0.25) is 0 Å². The number of hydrogen-bond acceptors (Lipinski definition) is 4. The Morgan fingerprint density at radius 1 is 1.21 bits per heavy atom. The van der Waals surface area contributed by atoms with E-state index in [1.54, 1.807) is 0 Å². The number of urea groups is 1. The van der Waals surface area contributed by atoms with Crippen LogP contribution < -0.4 is 16.4 Å². The van der Waals surface area contributed by atoms with Crippen LogP contribution >= 0.6 is 0 Å². The van der Waals surface area contributed by atoms with Crippen LogP contribution in [0.2, 0.25) is 0 Å². The highest BCUT2D eigenvalue weighted by atomic mass is 16.2. The number of pyridine rings is 1. The molecule has 1 saturated carbocycles. The van der Waals surface area contributed by atoms with Crippen LogP contribution in [0, 0.1) is 20.8 Å². The molecule has 7 heteroatoms.